The molecule has 0 spiro atoms. The van der Waals surface area contributed by atoms with Crippen LogP contribution in [0.1, 0.15) is 12.8 Å². The number of hydrogen-bond acceptors (Lipinski definition) is 5. The Morgan fingerprint density at radius 2 is 2.09 bits per heavy atom. The molecular formula is C16H21BrN6. The molecule has 7 heteroatoms. The lowest BCUT2D eigenvalue weighted by molar-refractivity contribution is 0.511. The van der Waals surface area contributed by atoms with Crippen LogP contribution in [-0.2, 0) is 0 Å². The Balaban J connectivity index is 1.40. The number of anilines is 1. The average molecular weight is 377 g/mol. The third kappa shape index (κ3) is 4.62. The molecule has 0 bridgehead atoms. The number of nitrogens with zero attached hydrogens (tertiary/aromatic N) is 2. The molecule has 1 aliphatic carbocycles. The molecule has 2 aromatic rings. The smallest absolute Gasteiger partial charge is 0.200 e. The monoisotopic (exact) mass is 376 g/mol. The molecule has 1 saturated carbocycles. The molecule has 1 aliphatic rings. The van der Waals surface area contributed by atoms with Gasteiger partial charge in [-0.3, -0.25) is 0 Å². The van der Waals surface area contributed by atoms with Crippen LogP contribution in [-0.4, -0.2) is 35.6 Å². The van der Waals surface area contributed by atoms with Crippen LogP contribution in [0.3, 0.4) is 0 Å². The highest BCUT2D eigenvalue weighted by Crippen LogP contribution is 2.33. The van der Waals surface area contributed by atoms with Gasteiger partial charge in [0.05, 0.1) is 17.9 Å². The molecule has 1 aromatic heterocycles. The van der Waals surface area contributed by atoms with Gasteiger partial charge in [-0.2, -0.15) is 5.11 Å². The molecule has 122 valence electrons. The number of benzene rings is 1. The number of aromatic nitrogens is 2. The highest BCUT2D eigenvalue weighted by Gasteiger charge is 2.30. The van der Waals surface area contributed by atoms with Crippen molar-refractivity contribution in [2.75, 3.05) is 25.0 Å². The molecule has 4 N–H and O–H groups in total. The number of rotatable bonds is 9. The van der Waals surface area contributed by atoms with Gasteiger partial charge in [-0.1, -0.05) is 28.1 Å². The number of nitrogens with one attached hydrogen (secondary N) is 4. The Hall–Kier alpha value is -1.73. The van der Waals surface area contributed by atoms with E-state index in [1.54, 1.807) is 0 Å². The van der Waals surface area contributed by atoms with E-state index < -0.39 is 0 Å². The minimum atomic E-state index is 0.155. The van der Waals surface area contributed by atoms with Gasteiger partial charge in [0.25, 0.3) is 0 Å². The summed E-state index contributed by atoms with van der Waals surface area (Å²) in [5.74, 6) is 1.40. The van der Waals surface area contributed by atoms with E-state index in [2.05, 4.69) is 41.6 Å². The maximum atomic E-state index is 7.19. The van der Waals surface area contributed by atoms with Crippen LogP contribution in [0, 0.1) is 11.4 Å². The van der Waals surface area contributed by atoms with Gasteiger partial charge in [-0.25, -0.2) is 10.5 Å². The lowest BCUT2D eigenvalue weighted by Crippen LogP contribution is -2.30. The summed E-state index contributed by atoms with van der Waals surface area (Å²) in [6.45, 7) is 2.40. The predicted octanol–water partition coefficient (Wildman–Crippen LogP) is 3.65. The Morgan fingerprint density at radius 1 is 1.30 bits per heavy atom. The number of aromatic amines is 1. The lowest BCUT2D eigenvalue weighted by atomic mass is 10.2. The van der Waals surface area contributed by atoms with Crippen molar-refractivity contribution in [2.45, 2.75) is 18.9 Å². The maximum absolute atomic E-state index is 7.19. The molecule has 1 fully saturated rings. The van der Waals surface area contributed by atoms with Crippen LogP contribution in [0.4, 0.5) is 5.95 Å². The highest BCUT2D eigenvalue weighted by molar-refractivity contribution is 9.10. The van der Waals surface area contributed by atoms with Crippen molar-refractivity contribution in [3.8, 4) is 11.3 Å². The number of H-pyrrole nitrogens is 1. The van der Waals surface area contributed by atoms with Gasteiger partial charge in [0.1, 0.15) is 0 Å². The number of halogens is 1. The maximum Gasteiger partial charge on any atom is 0.200 e. The summed E-state index contributed by atoms with van der Waals surface area (Å²) in [5.41, 5.74) is 9.30. The fourth-order valence-corrected chi connectivity index (χ4v) is 2.77. The van der Waals surface area contributed by atoms with Crippen LogP contribution in [0.5, 0.6) is 0 Å². The summed E-state index contributed by atoms with van der Waals surface area (Å²) in [5, 5.41) is 10.3. The topological polar surface area (TPSA) is 88.9 Å². The van der Waals surface area contributed by atoms with E-state index in [0.29, 0.717) is 5.92 Å². The lowest BCUT2D eigenvalue weighted by Gasteiger charge is -2.10. The van der Waals surface area contributed by atoms with Gasteiger partial charge in [-0.05, 0) is 36.5 Å². The highest BCUT2D eigenvalue weighted by atomic mass is 79.9. The van der Waals surface area contributed by atoms with E-state index in [1.807, 2.05) is 30.5 Å². The van der Waals surface area contributed by atoms with E-state index in [4.69, 9.17) is 5.53 Å². The minimum absolute atomic E-state index is 0.155. The van der Waals surface area contributed by atoms with Gasteiger partial charge in [0.2, 0.25) is 5.95 Å². The summed E-state index contributed by atoms with van der Waals surface area (Å²) < 4.78 is 1.06. The molecule has 23 heavy (non-hydrogen) atoms. The summed E-state index contributed by atoms with van der Waals surface area (Å²) in [7, 11) is 0. The Labute approximate surface area is 144 Å². The second-order valence-corrected chi connectivity index (χ2v) is 6.73. The molecule has 0 aliphatic heterocycles. The third-order valence-electron chi connectivity index (χ3n) is 4.01. The summed E-state index contributed by atoms with van der Waals surface area (Å²) >= 11 is 3.44. The second-order valence-electron chi connectivity index (χ2n) is 5.82. The van der Waals surface area contributed by atoms with Crippen LogP contribution in [0.15, 0.2) is 40.0 Å². The molecule has 1 heterocycles. The van der Waals surface area contributed by atoms with Crippen LogP contribution < -0.4 is 10.6 Å². The van der Waals surface area contributed by atoms with Crippen molar-refractivity contribution in [3.05, 3.63) is 34.9 Å². The van der Waals surface area contributed by atoms with Crippen molar-refractivity contribution in [3.63, 3.8) is 0 Å². The van der Waals surface area contributed by atoms with Crippen molar-refractivity contribution in [1.29, 1.82) is 5.53 Å². The van der Waals surface area contributed by atoms with Gasteiger partial charge < -0.3 is 15.6 Å². The first-order valence-corrected chi connectivity index (χ1v) is 8.67. The molecule has 1 atom stereocenters. The SMILES string of the molecule is N=NC(CNCCNc1ncc(-c2ccc(Br)cc2)[nH]1)C1CC1. The molecule has 3 rings (SSSR count). The quantitative estimate of drug-likeness (QED) is 0.397. The van der Waals surface area contributed by atoms with E-state index in [0.717, 1.165) is 41.3 Å². The van der Waals surface area contributed by atoms with Crippen molar-refractivity contribution >= 4 is 21.9 Å². The molecule has 6 nitrogen and oxygen atoms in total. The zero-order valence-electron chi connectivity index (χ0n) is 12.8. The van der Waals surface area contributed by atoms with E-state index in [-0.39, 0.29) is 6.04 Å². The summed E-state index contributed by atoms with van der Waals surface area (Å²) in [4.78, 5) is 7.62. The number of hydrogen-bond donors (Lipinski definition) is 4. The van der Waals surface area contributed by atoms with Crippen molar-refractivity contribution in [1.82, 2.24) is 15.3 Å². The first-order chi connectivity index (χ1) is 11.3. The van der Waals surface area contributed by atoms with Crippen LogP contribution >= 0.6 is 15.9 Å². The zero-order valence-corrected chi connectivity index (χ0v) is 14.4. The summed E-state index contributed by atoms with van der Waals surface area (Å²) in [6.07, 6.45) is 4.28. The van der Waals surface area contributed by atoms with Gasteiger partial charge in [-0.15, -0.1) is 0 Å². The molecular weight excluding hydrogens is 356 g/mol. The average Bonchev–Trinajstić information content (AvgIpc) is 3.30. The predicted molar refractivity (Wildman–Crippen MR) is 94.7 cm³/mol. The van der Waals surface area contributed by atoms with Crippen molar-refractivity contribution in [2.24, 2.45) is 11.0 Å². The van der Waals surface area contributed by atoms with Crippen molar-refractivity contribution < 1.29 is 0 Å². The van der Waals surface area contributed by atoms with Gasteiger partial charge in [0.15, 0.2) is 0 Å². The van der Waals surface area contributed by atoms with E-state index in [9.17, 15) is 0 Å². The third-order valence-corrected chi connectivity index (χ3v) is 4.54. The molecule has 0 saturated heterocycles. The fourth-order valence-electron chi connectivity index (χ4n) is 2.51. The normalized spacial score (nSPS) is 15.3. The zero-order chi connectivity index (χ0) is 16.1. The van der Waals surface area contributed by atoms with Crippen LogP contribution in [0.2, 0.25) is 0 Å². The summed E-state index contributed by atoms with van der Waals surface area (Å²) in [6, 6.07) is 8.28. The Morgan fingerprint density at radius 3 is 2.78 bits per heavy atom. The van der Waals surface area contributed by atoms with Gasteiger partial charge in [0, 0.05) is 24.1 Å². The molecule has 0 radical (unpaired) electrons. The molecule has 0 amide bonds. The Bertz CT molecular complexity index is 634. The fraction of sp³-hybridized carbons (Fsp3) is 0.438. The van der Waals surface area contributed by atoms with E-state index in [1.165, 1.54) is 12.8 Å². The van der Waals surface area contributed by atoms with Crippen LogP contribution in [0.25, 0.3) is 11.3 Å². The van der Waals surface area contributed by atoms with E-state index >= 15 is 0 Å². The molecule has 1 aromatic carbocycles. The number of imidazole rings is 1. The second kappa shape index (κ2) is 7.70. The standard InChI is InChI=1S/C16H21BrN6/c17-13-5-3-11(4-6-13)14-10-21-16(22-14)20-8-7-19-9-15(23-18)12-1-2-12/h3-6,10,12,15,18-19H,1-2,7-9H2,(H2,20,21,22). The van der Waals surface area contributed by atoms with Gasteiger partial charge >= 0.3 is 0 Å². The Kier molecular flexibility index (Phi) is 5.40. The minimum Gasteiger partial charge on any atom is -0.355 e. The largest absolute Gasteiger partial charge is 0.355 e. The first kappa shape index (κ1) is 16.1. The molecule has 1 unspecified atom stereocenters. The first-order valence-electron chi connectivity index (χ1n) is 7.88.